The first kappa shape index (κ1) is 13.3. The van der Waals surface area contributed by atoms with E-state index in [4.69, 9.17) is 4.74 Å². The zero-order valence-electron chi connectivity index (χ0n) is 11.1. The third-order valence-electron chi connectivity index (χ3n) is 4.07. The van der Waals surface area contributed by atoms with Crippen LogP contribution < -0.4 is 5.32 Å². The van der Waals surface area contributed by atoms with Crippen LogP contribution in [-0.2, 0) is 4.74 Å². The first-order valence-corrected chi connectivity index (χ1v) is 6.82. The fourth-order valence-electron chi connectivity index (χ4n) is 2.40. The molecule has 0 radical (unpaired) electrons. The van der Waals surface area contributed by atoms with Crippen molar-refractivity contribution < 1.29 is 9.84 Å². The summed E-state index contributed by atoms with van der Waals surface area (Å²) in [6, 6.07) is 0.605. The van der Waals surface area contributed by atoms with Gasteiger partial charge < -0.3 is 15.2 Å². The summed E-state index contributed by atoms with van der Waals surface area (Å²) in [6.45, 7) is 9.56. The van der Waals surface area contributed by atoms with Gasteiger partial charge in [0.1, 0.15) is 0 Å². The number of ether oxygens (including phenoxy) is 1. The van der Waals surface area contributed by atoms with Gasteiger partial charge in [-0.05, 0) is 26.7 Å². The van der Waals surface area contributed by atoms with Crippen molar-refractivity contribution in [1.82, 2.24) is 10.2 Å². The highest BCUT2D eigenvalue weighted by atomic mass is 16.5. The minimum Gasteiger partial charge on any atom is -0.396 e. The summed E-state index contributed by atoms with van der Waals surface area (Å²) >= 11 is 0. The Balaban J connectivity index is 1.65. The average molecular weight is 242 g/mol. The van der Waals surface area contributed by atoms with Crippen molar-refractivity contribution in [2.75, 3.05) is 39.4 Å². The molecule has 1 unspecified atom stereocenters. The zero-order chi connectivity index (χ0) is 12.3. The Morgan fingerprint density at radius 3 is 2.82 bits per heavy atom. The lowest BCUT2D eigenvalue weighted by atomic mass is 10.1. The molecule has 2 aliphatic rings. The smallest absolute Gasteiger partial charge is 0.0826 e. The Kier molecular flexibility index (Phi) is 4.42. The van der Waals surface area contributed by atoms with Gasteiger partial charge in [0, 0.05) is 44.2 Å². The zero-order valence-corrected chi connectivity index (χ0v) is 11.1. The first-order valence-electron chi connectivity index (χ1n) is 6.82. The van der Waals surface area contributed by atoms with Gasteiger partial charge >= 0.3 is 0 Å². The maximum atomic E-state index is 9.23. The van der Waals surface area contributed by atoms with E-state index >= 15 is 0 Å². The van der Waals surface area contributed by atoms with Crippen LogP contribution in [0.3, 0.4) is 0 Å². The van der Waals surface area contributed by atoms with E-state index < -0.39 is 0 Å². The number of aliphatic hydroxyl groups excluding tert-OH is 1. The van der Waals surface area contributed by atoms with E-state index in [0.717, 1.165) is 32.8 Å². The Labute approximate surface area is 104 Å². The van der Waals surface area contributed by atoms with Crippen molar-refractivity contribution in [1.29, 1.82) is 0 Å². The van der Waals surface area contributed by atoms with Crippen molar-refractivity contribution in [3.05, 3.63) is 0 Å². The topological polar surface area (TPSA) is 44.7 Å². The van der Waals surface area contributed by atoms with Crippen molar-refractivity contribution >= 4 is 0 Å². The van der Waals surface area contributed by atoms with Crippen LogP contribution in [0.25, 0.3) is 0 Å². The highest BCUT2D eigenvalue weighted by Crippen LogP contribution is 2.44. The van der Waals surface area contributed by atoms with Gasteiger partial charge in [-0.3, -0.25) is 4.90 Å². The van der Waals surface area contributed by atoms with Gasteiger partial charge in [0.15, 0.2) is 0 Å². The van der Waals surface area contributed by atoms with E-state index in [1.165, 1.54) is 12.8 Å². The van der Waals surface area contributed by atoms with Gasteiger partial charge in [0.25, 0.3) is 0 Å². The summed E-state index contributed by atoms with van der Waals surface area (Å²) in [6.07, 6.45) is 2.64. The second kappa shape index (κ2) is 5.65. The minimum absolute atomic E-state index is 0.201. The van der Waals surface area contributed by atoms with Gasteiger partial charge in [-0.2, -0.15) is 0 Å². The Morgan fingerprint density at radius 2 is 2.24 bits per heavy atom. The quantitative estimate of drug-likeness (QED) is 0.710. The molecular formula is C13H26N2O2. The second-order valence-electron chi connectivity index (χ2n) is 5.87. The molecule has 1 saturated carbocycles. The average Bonchev–Trinajstić information content (AvgIpc) is 3.10. The molecule has 0 amide bonds. The number of rotatable bonds is 6. The van der Waals surface area contributed by atoms with E-state index in [0.29, 0.717) is 18.8 Å². The van der Waals surface area contributed by atoms with Gasteiger partial charge in [-0.25, -0.2) is 0 Å². The lowest BCUT2D eigenvalue weighted by molar-refractivity contribution is -0.0376. The molecule has 100 valence electrons. The molecule has 0 spiro atoms. The van der Waals surface area contributed by atoms with Crippen molar-refractivity contribution in [3.63, 3.8) is 0 Å². The lowest BCUT2D eigenvalue weighted by Crippen LogP contribution is -2.49. The van der Waals surface area contributed by atoms with Gasteiger partial charge in [-0.15, -0.1) is 0 Å². The molecule has 0 aromatic heterocycles. The summed E-state index contributed by atoms with van der Waals surface area (Å²) in [5, 5.41) is 12.7. The molecule has 0 bridgehead atoms. The molecular weight excluding hydrogens is 216 g/mol. The maximum Gasteiger partial charge on any atom is 0.0826 e. The monoisotopic (exact) mass is 242 g/mol. The summed E-state index contributed by atoms with van der Waals surface area (Å²) < 4.78 is 5.76. The second-order valence-corrected chi connectivity index (χ2v) is 5.87. The van der Waals surface area contributed by atoms with E-state index in [9.17, 15) is 5.11 Å². The fraction of sp³-hybridized carbons (Fsp3) is 1.00. The number of hydrogen-bond donors (Lipinski definition) is 2. The van der Waals surface area contributed by atoms with Crippen LogP contribution in [-0.4, -0.2) is 61.5 Å². The van der Waals surface area contributed by atoms with E-state index in [-0.39, 0.29) is 5.41 Å². The summed E-state index contributed by atoms with van der Waals surface area (Å²) in [4.78, 5) is 2.47. The van der Waals surface area contributed by atoms with Crippen LogP contribution in [0.1, 0.15) is 26.7 Å². The molecule has 1 heterocycles. The standard InChI is InChI=1S/C13H26N2O2/c1-11(2)15-5-6-17-12(8-15)7-14-9-13(10-16)3-4-13/h11-12,14,16H,3-10H2,1-2H3. The van der Waals surface area contributed by atoms with Crippen molar-refractivity contribution in [2.45, 2.75) is 38.8 Å². The molecule has 1 saturated heterocycles. The van der Waals surface area contributed by atoms with Crippen LogP contribution >= 0.6 is 0 Å². The normalized spacial score (nSPS) is 28.6. The van der Waals surface area contributed by atoms with Crippen LogP contribution in [0.15, 0.2) is 0 Å². The van der Waals surface area contributed by atoms with E-state index in [2.05, 4.69) is 24.1 Å². The molecule has 2 fully saturated rings. The van der Waals surface area contributed by atoms with Gasteiger partial charge in [-0.1, -0.05) is 0 Å². The molecule has 0 aromatic carbocycles. The molecule has 17 heavy (non-hydrogen) atoms. The number of hydrogen-bond acceptors (Lipinski definition) is 4. The molecule has 0 aromatic rings. The highest BCUT2D eigenvalue weighted by molar-refractivity contribution is 4.94. The number of aliphatic hydroxyl groups is 1. The number of nitrogens with one attached hydrogen (secondary N) is 1. The highest BCUT2D eigenvalue weighted by Gasteiger charge is 2.41. The SMILES string of the molecule is CC(C)N1CCOC(CNCC2(CO)CC2)C1. The number of morpholine rings is 1. The molecule has 4 nitrogen and oxygen atoms in total. The van der Waals surface area contributed by atoms with Gasteiger partial charge in [0.2, 0.25) is 0 Å². The molecule has 2 rings (SSSR count). The maximum absolute atomic E-state index is 9.23. The summed E-state index contributed by atoms with van der Waals surface area (Å²) in [7, 11) is 0. The first-order chi connectivity index (χ1) is 8.15. The Hall–Kier alpha value is -0.160. The fourth-order valence-corrected chi connectivity index (χ4v) is 2.40. The van der Waals surface area contributed by atoms with Crippen molar-refractivity contribution in [3.8, 4) is 0 Å². The number of nitrogens with zero attached hydrogens (tertiary/aromatic N) is 1. The predicted molar refractivity (Wildman–Crippen MR) is 68.1 cm³/mol. The molecule has 1 aliphatic heterocycles. The van der Waals surface area contributed by atoms with E-state index in [1.807, 2.05) is 0 Å². The lowest BCUT2D eigenvalue weighted by Gasteiger charge is -2.35. The molecule has 2 N–H and O–H groups in total. The molecule has 4 heteroatoms. The molecule has 1 aliphatic carbocycles. The van der Waals surface area contributed by atoms with Crippen LogP contribution in [0.5, 0.6) is 0 Å². The molecule has 1 atom stereocenters. The Bertz CT molecular complexity index is 242. The van der Waals surface area contributed by atoms with Crippen LogP contribution in [0, 0.1) is 5.41 Å². The Morgan fingerprint density at radius 1 is 1.47 bits per heavy atom. The van der Waals surface area contributed by atoms with Crippen molar-refractivity contribution in [2.24, 2.45) is 5.41 Å². The predicted octanol–water partition coefficient (Wildman–Crippen LogP) is 0.458. The van der Waals surface area contributed by atoms with E-state index in [1.54, 1.807) is 0 Å². The minimum atomic E-state index is 0.201. The third-order valence-corrected chi connectivity index (χ3v) is 4.07. The third kappa shape index (κ3) is 3.65. The largest absolute Gasteiger partial charge is 0.396 e. The van der Waals surface area contributed by atoms with Crippen LogP contribution in [0.4, 0.5) is 0 Å². The van der Waals surface area contributed by atoms with Gasteiger partial charge in [0.05, 0.1) is 12.7 Å². The summed E-state index contributed by atoms with van der Waals surface area (Å²) in [5.41, 5.74) is 0.201. The van der Waals surface area contributed by atoms with Crippen LogP contribution in [0.2, 0.25) is 0 Å². The summed E-state index contributed by atoms with van der Waals surface area (Å²) in [5.74, 6) is 0.